The Balaban J connectivity index is 1.26. The lowest BCUT2D eigenvalue weighted by atomic mass is 10.0. The molecule has 5 nitrogen and oxygen atoms in total. The van der Waals surface area contributed by atoms with Crippen LogP contribution in [0.4, 0.5) is 5.69 Å². The van der Waals surface area contributed by atoms with Crippen molar-refractivity contribution in [2.45, 2.75) is 6.54 Å². The Morgan fingerprint density at radius 2 is 1.57 bits per heavy atom. The number of ether oxygens (including phenoxy) is 1. The molecule has 30 heavy (non-hydrogen) atoms. The average Bonchev–Trinajstić information content (AvgIpc) is 3.10. The molecule has 1 saturated heterocycles. The summed E-state index contributed by atoms with van der Waals surface area (Å²) >= 11 is 0. The van der Waals surface area contributed by atoms with E-state index in [1.807, 2.05) is 42.5 Å². The molecule has 1 fully saturated rings. The molecule has 0 radical (unpaired) electrons. The minimum Gasteiger partial charge on any atom is -0.378 e. The monoisotopic (exact) mass is 398 g/mol. The number of hydrogen-bond acceptors (Lipinski definition) is 4. The number of anilines is 1. The van der Waals surface area contributed by atoms with Gasteiger partial charge in [0.05, 0.1) is 13.2 Å². The van der Waals surface area contributed by atoms with Crippen molar-refractivity contribution in [1.82, 2.24) is 5.32 Å². The van der Waals surface area contributed by atoms with Crippen LogP contribution in [0.5, 0.6) is 0 Å². The third-order valence-electron chi connectivity index (χ3n) is 5.75. The third-order valence-corrected chi connectivity index (χ3v) is 5.75. The Morgan fingerprint density at radius 1 is 0.867 bits per heavy atom. The van der Waals surface area contributed by atoms with Gasteiger partial charge in [0.25, 0.3) is 5.91 Å². The molecule has 0 unspecified atom stereocenters. The lowest BCUT2D eigenvalue weighted by Gasteiger charge is -2.28. The van der Waals surface area contributed by atoms with Crippen molar-refractivity contribution in [1.29, 1.82) is 0 Å². The molecule has 3 aromatic carbocycles. The van der Waals surface area contributed by atoms with Gasteiger partial charge in [-0.05, 0) is 41.0 Å². The maximum Gasteiger partial charge on any atom is 0.251 e. The maximum atomic E-state index is 12.7. The highest BCUT2D eigenvalue weighted by molar-refractivity contribution is 6.22. The van der Waals surface area contributed by atoms with E-state index in [9.17, 15) is 9.59 Å². The van der Waals surface area contributed by atoms with Crippen molar-refractivity contribution in [2.24, 2.45) is 0 Å². The molecule has 1 amide bonds. The molecule has 1 N–H and O–H groups in total. The number of amides is 1. The number of hydrogen-bond donors (Lipinski definition) is 1. The van der Waals surface area contributed by atoms with Crippen LogP contribution in [0.2, 0.25) is 0 Å². The van der Waals surface area contributed by atoms with E-state index in [2.05, 4.69) is 22.3 Å². The maximum absolute atomic E-state index is 12.7. The highest BCUT2D eigenvalue weighted by atomic mass is 16.5. The number of morpholine rings is 1. The zero-order valence-corrected chi connectivity index (χ0v) is 16.6. The SMILES string of the molecule is O=C(NCc1ccc(N2CCOCC2)cc1)c1ccc2c(c1)C(=O)c1ccccc1-2. The lowest BCUT2D eigenvalue weighted by Crippen LogP contribution is -2.36. The quantitative estimate of drug-likeness (QED) is 0.570. The highest BCUT2D eigenvalue weighted by Crippen LogP contribution is 2.36. The summed E-state index contributed by atoms with van der Waals surface area (Å²) < 4.78 is 5.39. The molecule has 0 aromatic heterocycles. The molecule has 0 saturated carbocycles. The minimum atomic E-state index is -0.182. The number of fused-ring (bicyclic) bond motifs is 3. The predicted molar refractivity (Wildman–Crippen MR) is 116 cm³/mol. The second kappa shape index (κ2) is 7.76. The summed E-state index contributed by atoms with van der Waals surface area (Å²) in [6.45, 7) is 3.75. The van der Waals surface area contributed by atoms with Gasteiger partial charge in [0.2, 0.25) is 0 Å². The number of rotatable bonds is 4. The fourth-order valence-electron chi connectivity index (χ4n) is 4.10. The van der Waals surface area contributed by atoms with Gasteiger partial charge in [0.15, 0.2) is 5.78 Å². The molecule has 150 valence electrons. The molecule has 1 heterocycles. The summed E-state index contributed by atoms with van der Waals surface area (Å²) in [7, 11) is 0. The first-order valence-corrected chi connectivity index (χ1v) is 10.2. The van der Waals surface area contributed by atoms with Crippen LogP contribution in [-0.4, -0.2) is 38.0 Å². The number of carbonyl (C=O) groups is 2. The molecule has 2 aliphatic rings. The molecule has 5 rings (SSSR count). The second-order valence-electron chi connectivity index (χ2n) is 7.58. The van der Waals surface area contributed by atoms with E-state index in [-0.39, 0.29) is 11.7 Å². The molecule has 0 spiro atoms. The van der Waals surface area contributed by atoms with Crippen molar-refractivity contribution in [2.75, 3.05) is 31.2 Å². The van der Waals surface area contributed by atoms with E-state index in [0.717, 1.165) is 43.0 Å². The fraction of sp³-hybridized carbons (Fsp3) is 0.200. The zero-order valence-electron chi connectivity index (χ0n) is 16.6. The lowest BCUT2D eigenvalue weighted by molar-refractivity contribution is 0.0951. The van der Waals surface area contributed by atoms with Crippen LogP contribution in [0.15, 0.2) is 66.7 Å². The first-order valence-electron chi connectivity index (χ1n) is 10.2. The van der Waals surface area contributed by atoms with Gasteiger partial charge in [-0.3, -0.25) is 9.59 Å². The zero-order chi connectivity index (χ0) is 20.5. The van der Waals surface area contributed by atoms with Gasteiger partial charge in [-0.25, -0.2) is 0 Å². The topological polar surface area (TPSA) is 58.6 Å². The van der Waals surface area contributed by atoms with Gasteiger partial charge in [-0.15, -0.1) is 0 Å². The Labute approximate surface area is 175 Å². The van der Waals surface area contributed by atoms with Gasteiger partial charge in [-0.1, -0.05) is 42.5 Å². The molecule has 0 bridgehead atoms. The van der Waals surface area contributed by atoms with Crippen LogP contribution in [0.3, 0.4) is 0 Å². The number of benzene rings is 3. The van der Waals surface area contributed by atoms with Crippen molar-refractivity contribution in [3.63, 3.8) is 0 Å². The summed E-state index contributed by atoms with van der Waals surface area (Å²) in [6.07, 6.45) is 0. The van der Waals surface area contributed by atoms with E-state index in [1.165, 1.54) is 5.69 Å². The van der Waals surface area contributed by atoms with Crippen molar-refractivity contribution in [3.8, 4) is 11.1 Å². The normalized spacial score (nSPS) is 14.9. The third kappa shape index (κ3) is 3.37. The van der Waals surface area contributed by atoms with Gasteiger partial charge >= 0.3 is 0 Å². The number of ketones is 1. The van der Waals surface area contributed by atoms with Gasteiger partial charge in [0.1, 0.15) is 0 Å². The highest BCUT2D eigenvalue weighted by Gasteiger charge is 2.27. The first kappa shape index (κ1) is 18.6. The second-order valence-corrected chi connectivity index (χ2v) is 7.58. The molecule has 3 aromatic rings. The largest absolute Gasteiger partial charge is 0.378 e. The van der Waals surface area contributed by atoms with Crippen LogP contribution < -0.4 is 10.2 Å². The molecule has 5 heteroatoms. The Hall–Kier alpha value is -3.44. The predicted octanol–water partition coefficient (Wildman–Crippen LogP) is 3.66. The van der Waals surface area contributed by atoms with Gasteiger partial charge < -0.3 is 15.0 Å². The standard InChI is InChI=1S/C25H22N2O3/c28-24-22-4-2-1-3-20(22)21-10-7-18(15-23(21)24)25(29)26-16-17-5-8-19(9-6-17)27-11-13-30-14-12-27/h1-10,15H,11-14,16H2,(H,26,29). The molecule has 1 aliphatic carbocycles. The van der Waals surface area contributed by atoms with Crippen LogP contribution in [0, 0.1) is 0 Å². The number of carbonyl (C=O) groups excluding carboxylic acids is 2. The van der Waals surface area contributed by atoms with Crippen molar-refractivity contribution >= 4 is 17.4 Å². The summed E-state index contributed by atoms with van der Waals surface area (Å²) in [5, 5.41) is 2.96. The van der Waals surface area contributed by atoms with Crippen LogP contribution in [-0.2, 0) is 11.3 Å². The van der Waals surface area contributed by atoms with Crippen molar-refractivity contribution in [3.05, 3.63) is 89.0 Å². The number of nitrogens with one attached hydrogen (secondary N) is 1. The molecular formula is C25H22N2O3. The fourth-order valence-corrected chi connectivity index (χ4v) is 4.10. The summed E-state index contributed by atoms with van der Waals surface area (Å²) in [5.74, 6) is -0.201. The Kier molecular flexibility index (Phi) is 4.81. The van der Waals surface area contributed by atoms with Crippen LogP contribution in [0.1, 0.15) is 31.8 Å². The molecule has 1 aliphatic heterocycles. The summed E-state index contributed by atoms with van der Waals surface area (Å²) in [4.78, 5) is 27.6. The summed E-state index contributed by atoms with van der Waals surface area (Å²) in [6, 6.07) is 21.1. The summed E-state index contributed by atoms with van der Waals surface area (Å²) in [5.41, 5.74) is 5.83. The smallest absolute Gasteiger partial charge is 0.251 e. The molecule has 0 atom stereocenters. The van der Waals surface area contributed by atoms with E-state index >= 15 is 0 Å². The van der Waals surface area contributed by atoms with Crippen molar-refractivity contribution < 1.29 is 14.3 Å². The minimum absolute atomic E-state index is 0.0195. The van der Waals surface area contributed by atoms with E-state index in [1.54, 1.807) is 12.1 Å². The van der Waals surface area contributed by atoms with Gasteiger partial charge in [-0.2, -0.15) is 0 Å². The Bertz CT molecular complexity index is 1120. The Morgan fingerprint density at radius 3 is 2.33 bits per heavy atom. The van der Waals surface area contributed by atoms with Crippen LogP contribution >= 0.6 is 0 Å². The van der Waals surface area contributed by atoms with Gasteiger partial charge in [0, 0.05) is 42.0 Å². The average molecular weight is 398 g/mol. The first-order chi connectivity index (χ1) is 14.7. The molecular weight excluding hydrogens is 376 g/mol. The number of nitrogens with zero attached hydrogens (tertiary/aromatic N) is 1. The van der Waals surface area contributed by atoms with E-state index < -0.39 is 0 Å². The van der Waals surface area contributed by atoms with E-state index in [0.29, 0.717) is 23.2 Å². The van der Waals surface area contributed by atoms with E-state index in [4.69, 9.17) is 4.74 Å². The van der Waals surface area contributed by atoms with Crippen LogP contribution in [0.25, 0.3) is 11.1 Å².